The molecule has 5 rings (SSSR count). The smallest absolute Gasteiger partial charge is 0.272 e. The highest BCUT2D eigenvalue weighted by Gasteiger charge is 2.17. The van der Waals surface area contributed by atoms with Gasteiger partial charge < -0.3 is 20.4 Å². The van der Waals surface area contributed by atoms with Gasteiger partial charge in [-0.15, -0.1) is 10.2 Å². The number of para-hydroxylation sites is 1. The fraction of sp³-hybridized carbons (Fsp3) is 0.143. The zero-order valence-corrected chi connectivity index (χ0v) is 21.0. The molecule has 0 saturated carbocycles. The number of amides is 2. The average Bonchev–Trinajstić information content (AvgIpc) is 3.65. The summed E-state index contributed by atoms with van der Waals surface area (Å²) in [6, 6.07) is 21.8. The van der Waals surface area contributed by atoms with Gasteiger partial charge in [-0.2, -0.15) is 10.5 Å². The minimum Gasteiger partial charge on any atom is -0.497 e. The van der Waals surface area contributed by atoms with Crippen LogP contribution in [0.2, 0.25) is 0 Å². The lowest BCUT2D eigenvalue weighted by atomic mass is 10.1. The molecule has 194 valence electrons. The molecular weight excluding hydrogens is 496 g/mol. The van der Waals surface area contributed by atoms with Gasteiger partial charge in [0.1, 0.15) is 11.4 Å². The van der Waals surface area contributed by atoms with Crippen molar-refractivity contribution in [2.75, 3.05) is 17.7 Å². The molecule has 0 unspecified atom stereocenters. The zero-order valence-electron chi connectivity index (χ0n) is 21.0. The predicted octanol–water partition coefficient (Wildman–Crippen LogP) is 4.44. The molecule has 0 atom stereocenters. The predicted molar refractivity (Wildman–Crippen MR) is 145 cm³/mol. The summed E-state index contributed by atoms with van der Waals surface area (Å²) in [5, 5.41) is 29.7. The SMILES string of the molecule is COc1ccc(CCCC(=O)Nc2cccc3cc(C(=O)Nc4ccc(C#N)cc4-c4nn[nH]n4)[nH]c23)cc1. The van der Waals surface area contributed by atoms with Crippen LogP contribution in [0.3, 0.4) is 0 Å². The number of carbonyl (C=O) groups excluding carboxylic acids is 2. The van der Waals surface area contributed by atoms with Gasteiger partial charge in [-0.25, -0.2) is 0 Å². The van der Waals surface area contributed by atoms with Crippen molar-refractivity contribution in [3.8, 4) is 23.2 Å². The number of benzene rings is 3. The number of aryl methyl sites for hydroxylation is 1. The normalized spacial score (nSPS) is 10.7. The second kappa shape index (κ2) is 11.3. The number of ether oxygens (including phenoxy) is 1. The van der Waals surface area contributed by atoms with Crippen LogP contribution >= 0.6 is 0 Å². The number of fused-ring (bicyclic) bond motifs is 1. The van der Waals surface area contributed by atoms with Crippen molar-refractivity contribution in [3.05, 3.63) is 83.6 Å². The molecule has 0 spiro atoms. The van der Waals surface area contributed by atoms with E-state index in [-0.39, 0.29) is 11.7 Å². The number of tetrazole rings is 1. The summed E-state index contributed by atoms with van der Waals surface area (Å²) in [4.78, 5) is 28.9. The van der Waals surface area contributed by atoms with E-state index in [9.17, 15) is 14.9 Å². The maximum absolute atomic E-state index is 13.1. The van der Waals surface area contributed by atoms with Crippen molar-refractivity contribution < 1.29 is 14.3 Å². The molecule has 39 heavy (non-hydrogen) atoms. The van der Waals surface area contributed by atoms with E-state index in [0.29, 0.717) is 46.6 Å². The monoisotopic (exact) mass is 520 g/mol. The van der Waals surface area contributed by atoms with Crippen LogP contribution in [-0.4, -0.2) is 44.5 Å². The standard InChI is InChI=1S/C28H24N8O3/c1-39-20-11-8-17(9-12-20)4-2-7-25(37)30-23-6-3-5-19-15-24(31-26(19)23)28(38)32-22-13-10-18(16-29)14-21(22)27-33-35-36-34-27/h3,5-6,8-15,31H,2,4,7H2,1H3,(H,30,37)(H,32,38)(H,33,34,35,36). The molecule has 0 fully saturated rings. The molecule has 0 aliphatic heterocycles. The van der Waals surface area contributed by atoms with Gasteiger partial charge in [-0.1, -0.05) is 24.3 Å². The highest BCUT2D eigenvalue weighted by atomic mass is 16.5. The topological polar surface area (TPSA) is 161 Å². The molecule has 0 bridgehead atoms. The Kier molecular flexibility index (Phi) is 7.27. The molecule has 2 heterocycles. The fourth-order valence-corrected chi connectivity index (χ4v) is 4.21. The Balaban J connectivity index is 1.27. The molecule has 2 amide bonds. The van der Waals surface area contributed by atoms with Gasteiger partial charge in [0.2, 0.25) is 11.7 Å². The summed E-state index contributed by atoms with van der Waals surface area (Å²) in [6.07, 6.45) is 1.82. The zero-order chi connectivity index (χ0) is 27.2. The number of nitrogens with zero attached hydrogens (tertiary/aromatic N) is 4. The number of aromatic amines is 2. The number of hydrogen-bond donors (Lipinski definition) is 4. The van der Waals surface area contributed by atoms with Crippen molar-refractivity contribution in [2.24, 2.45) is 0 Å². The molecule has 0 saturated heterocycles. The highest BCUT2D eigenvalue weighted by molar-refractivity contribution is 6.09. The van der Waals surface area contributed by atoms with Crippen LogP contribution in [0.15, 0.2) is 66.7 Å². The van der Waals surface area contributed by atoms with Gasteiger partial charge in [-0.05, 0) is 66.1 Å². The van der Waals surface area contributed by atoms with Crippen LogP contribution in [0.25, 0.3) is 22.3 Å². The number of nitriles is 1. The van der Waals surface area contributed by atoms with E-state index < -0.39 is 5.91 Å². The van der Waals surface area contributed by atoms with Gasteiger partial charge in [-0.3, -0.25) is 9.59 Å². The Morgan fingerprint density at radius 2 is 1.87 bits per heavy atom. The van der Waals surface area contributed by atoms with E-state index in [1.807, 2.05) is 36.4 Å². The minimum absolute atomic E-state index is 0.112. The minimum atomic E-state index is -0.405. The summed E-state index contributed by atoms with van der Waals surface area (Å²) in [6.45, 7) is 0. The Morgan fingerprint density at radius 3 is 2.62 bits per heavy atom. The molecular formula is C28H24N8O3. The maximum atomic E-state index is 13.1. The number of anilines is 2. The van der Waals surface area contributed by atoms with Crippen LogP contribution in [0.4, 0.5) is 11.4 Å². The third kappa shape index (κ3) is 5.75. The number of methoxy groups -OCH3 is 1. The van der Waals surface area contributed by atoms with E-state index >= 15 is 0 Å². The van der Waals surface area contributed by atoms with Gasteiger partial charge >= 0.3 is 0 Å². The highest BCUT2D eigenvalue weighted by Crippen LogP contribution is 2.28. The molecule has 0 aliphatic carbocycles. The first-order valence-corrected chi connectivity index (χ1v) is 12.2. The van der Waals surface area contributed by atoms with E-state index in [2.05, 4.69) is 42.3 Å². The van der Waals surface area contributed by atoms with Crippen LogP contribution < -0.4 is 15.4 Å². The largest absolute Gasteiger partial charge is 0.497 e. The first-order chi connectivity index (χ1) is 19.0. The third-order valence-corrected chi connectivity index (χ3v) is 6.19. The summed E-state index contributed by atoms with van der Waals surface area (Å²) < 4.78 is 5.18. The number of rotatable bonds is 9. The second-order valence-corrected chi connectivity index (χ2v) is 8.76. The molecule has 0 aliphatic rings. The molecule has 4 N–H and O–H groups in total. The molecule has 11 heteroatoms. The Hall–Kier alpha value is -5.50. The van der Waals surface area contributed by atoms with E-state index in [0.717, 1.165) is 23.1 Å². The van der Waals surface area contributed by atoms with Gasteiger partial charge in [0.25, 0.3) is 5.91 Å². The first kappa shape index (κ1) is 25.2. The first-order valence-electron chi connectivity index (χ1n) is 12.2. The van der Waals surface area contributed by atoms with Crippen molar-refractivity contribution in [2.45, 2.75) is 19.3 Å². The molecule has 11 nitrogen and oxygen atoms in total. The number of hydrogen-bond acceptors (Lipinski definition) is 7. The summed E-state index contributed by atoms with van der Waals surface area (Å²) in [5.74, 6) is 0.528. The lowest BCUT2D eigenvalue weighted by Crippen LogP contribution is -2.13. The quantitative estimate of drug-likeness (QED) is 0.223. The number of nitrogens with one attached hydrogen (secondary N) is 4. The van der Waals surface area contributed by atoms with Crippen molar-refractivity contribution >= 4 is 34.1 Å². The van der Waals surface area contributed by atoms with Crippen molar-refractivity contribution in [1.82, 2.24) is 25.6 Å². The summed E-state index contributed by atoms with van der Waals surface area (Å²) in [7, 11) is 1.63. The molecule has 0 radical (unpaired) electrons. The van der Waals surface area contributed by atoms with Crippen LogP contribution in [0, 0.1) is 11.3 Å². The van der Waals surface area contributed by atoms with Gasteiger partial charge in [0.05, 0.1) is 35.6 Å². The lowest BCUT2D eigenvalue weighted by molar-refractivity contribution is -0.116. The van der Waals surface area contributed by atoms with Gasteiger partial charge in [0, 0.05) is 17.4 Å². The van der Waals surface area contributed by atoms with E-state index in [1.165, 1.54) is 0 Å². The number of H-pyrrole nitrogens is 2. The third-order valence-electron chi connectivity index (χ3n) is 6.19. The average molecular weight is 521 g/mol. The van der Waals surface area contributed by atoms with Crippen LogP contribution in [0.5, 0.6) is 5.75 Å². The Morgan fingerprint density at radius 1 is 1.03 bits per heavy atom. The Bertz CT molecular complexity index is 1670. The van der Waals surface area contributed by atoms with Crippen molar-refractivity contribution in [3.63, 3.8) is 0 Å². The van der Waals surface area contributed by atoms with Crippen molar-refractivity contribution in [1.29, 1.82) is 5.26 Å². The van der Waals surface area contributed by atoms with Gasteiger partial charge in [0.15, 0.2) is 0 Å². The molecule has 5 aromatic rings. The summed E-state index contributed by atoms with van der Waals surface area (Å²) in [5.41, 5.74) is 3.93. The summed E-state index contributed by atoms with van der Waals surface area (Å²) >= 11 is 0. The van der Waals surface area contributed by atoms with Crippen LogP contribution in [0.1, 0.15) is 34.5 Å². The van der Waals surface area contributed by atoms with Crippen LogP contribution in [-0.2, 0) is 11.2 Å². The Labute approximate surface area is 223 Å². The number of aromatic nitrogens is 5. The maximum Gasteiger partial charge on any atom is 0.272 e. The van der Waals surface area contributed by atoms with E-state index in [1.54, 1.807) is 37.4 Å². The number of carbonyl (C=O) groups is 2. The van der Waals surface area contributed by atoms with E-state index in [4.69, 9.17) is 4.74 Å². The molecule has 3 aromatic carbocycles. The second-order valence-electron chi connectivity index (χ2n) is 8.76. The fourth-order valence-electron chi connectivity index (χ4n) is 4.21. The lowest BCUT2D eigenvalue weighted by Gasteiger charge is -2.09. The molecule has 2 aromatic heterocycles.